The van der Waals surface area contributed by atoms with Crippen LogP contribution < -0.4 is 0 Å². The molecule has 0 spiro atoms. The van der Waals surface area contributed by atoms with E-state index in [1.54, 1.807) is 4.90 Å². The Morgan fingerprint density at radius 3 is 2.75 bits per heavy atom. The molecule has 2 heterocycles. The lowest BCUT2D eigenvalue weighted by molar-refractivity contribution is 0.0196. The van der Waals surface area contributed by atoms with Gasteiger partial charge in [-0.1, -0.05) is 30.3 Å². The van der Waals surface area contributed by atoms with Crippen LogP contribution in [0.15, 0.2) is 36.5 Å². The molecule has 3 rings (SSSR count). The number of likely N-dealkylation sites (tertiary alicyclic amines) is 1. The molecule has 5 heteroatoms. The fourth-order valence-electron chi connectivity index (χ4n) is 3.00. The minimum atomic E-state index is -0.463. The van der Waals surface area contributed by atoms with Crippen molar-refractivity contribution < 1.29 is 9.53 Å². The van der Waals surface area contributed by atoms with E-state index in [1.807, 2.05) is 45.2 Å². The maximum Gasteiger partial charge on any atom is 0.410 e. The van der Waals surface area contributed by atoms with Crippen LogP contribution in [-0.2, 0) is 4.74 Å². The monoisotopic (exact) mass is 327 g/mol. The third kappa shape index (κ3) is 3.96. The Bertz CT molecular complexity index is 688. The molecule has 1 fully saturated rings. The van der Waals surface area contributed by atoms with E-state index in [4.69, 9.17) is 4.74 Å². The number of nitrogens with zero attached hydrogens (tertiary/aromatic N) is 2. The smallest absolute Gasteiger partial charge is 0.410 e. The van der Waals surface area contributed by atoms with Crippen molar-refractivity contribution in [1.29, 1.82) is 0 Å². The fraction of sp³-hybridized carbons (Fsp3) is 0.474. The Kier molecular flexibility index (Phi) is 4.60. The highest BCUT2D eigenvalue weighted by Gasteiger charge is 2.29. The number of hydrogen-bond donors (Lipinski definition) is 1. The van der Waals surface area contributed by atoms with Crippen LogP contribution in [0.5, 0.6) is 0 Å². The first-order valence-electron chi connectivity index (χ1n) is 8.50. The Labute approximate surface area is 143 Å². The summed E-state index contributed by atoms with van der Waals surface area (Å²) in [5, 5.41) is 0. The van der Waals surface area contributed by atoms with E-state index in [2.05, 4.69) is 22.1 Å². The molecule has 0 radical (unpaired) electrons. The molecule has 1 aliphatic heterocycles. The summed E-state index contributed by atoms with van der Waals surface area (Å²) in [6, 6.07) is 10.2. The molecule has 24 heavy (non-hydrogen) atoms. The highest BCUT2D eigenvalue weighted by molar-refractivity contribution is 5.68. The normalized spacial score (nSPS) is 18.5. The van der Waals surface area contributed by atoms with Crippen molar-refractivity contribution in [2.24, 2.45) is 0 Å². The van der Waals surface area contributed by atoms with E-state index in [9.17, 15) is 4.79 Å². The van der Waals surface area contributed by atoms with Crippen LogP contribution in [0.3, 0.4) is 0 Å². The number of ether oxygens (including phenoxy) is 1. The van der Waals surface area contributed by atoms with Gasteiger partial charge >= 0.3 is 6.09 Å². The maximum atomic E-state index is 12.3. The predicted molar refractivity (Wildman–Crippen MR) is 93.8 cm³/mol. The number of aromatic nitrogens is 2. The van der Waals surface area contributed by atoms with Gasteiger partial charge in [-0.3, -0.25) is 0 Å². The zero-order valence-electron chi connectivity index (χ0n) is 14.6. The molecule has 1 unspecified atom stereocenters. The van der Waals surface area contributed by atoms with Gasteiger partial charge in [-0.15, -0.1) is 0 Å². The second kappa shape index (κ2) is 6.67. The van der Waals surface area contributed by atoms with Crippen molar-refractivity contribution in [2.45, 2.75) is 45.1 Å². The molecule has 1 aromatic heterocycles. The molecule has 1 saturated heterocycles. The Balaban J connectivity index is 1.69. The minimum Gasteiger partial charge on any atom is -0.444 e. The summed E-state index contributed by atoms with van der Waals surface area (Å²) in [4.78, 5) is 22.1. The number of imidazole rings is 1. The zero-order chi connectivity index (χ0) is 17.2. The molecular formula is C19H25N3O2. The van der Waals surface area contributed by atoms with Crippen LogP contribution in [0.1, 0.15) is 45.4 Å². The second-order valence-corrected chi connectivity index (χ2v) is 7.31. The van der Waals surface area contributed by atoms with Crippen molar-refractivity contribution in [1.82, 2.24) is 14.9 Å². The number of benzene rings is 1. The van der Waals surface area contributed by atoms with Gasteiger partial charge < -0.3 is 14.6 Å². The summed E-state index contributed by atoms with van der Waals surface area (Å²) in [7, 11) is 0. The number of rotatable bonds is 2. The van der Waals surface area contributed by atoms with Crippen molar-refractivity contribution in [3.63, 3.8) is 0 Å². The number of H-pyrrole nitrogens is 1. The lowest BCUT2D eigenvalue weighted by Crippen LogP contribution is -2.42. The largest absolute Gasteiger partial charge is 0.444 e. The van der Waals surface area contributed by atoms with E-state index in [0.29, 0.717) is 6.54 Å². The number of nitrogens with one attached hydrogen (secondary N) is 1. The second-order valence-electron chi connectivity index (χ2n) is 7.31. The average Bonchev–Trinajstić information content (AvgIpc) is 3.04. The molecule has 1 atom stereocenters. The first-order chi connectivity index (χ1) is 11.4. The van der Waals surface area contributed by atoms with Gasteiger partial charge in [0.2, 0.25) is 0 Å². The summed E-state index contributed by atoms with van der Waals surface area (Å²) in [5.74, 6) is 1.17. The Morgan fingerprint density at radius 2 is 2.04 bits per heavy atom. The fourth-order valence-corrected chi connectivity index (χ4v) is 3.00. The highest BCUT2D eigenvalue weighted by atomic mass is 16.6. The molecule has 1 aromatic carbocycles. The van der Waals surface area contributed by atoms with E-state index in [1.165, 1.54) is 0 Å². The number of hydrogen-bond acceptors (Lipinski definition) is 3. The standard InChI is InChI=1S/C19H25N3O2/c1-19(2,3)24-18(23)22-11-7-10-15(13-22)17-20-12-16(21-17)14-8-5-4-6-9-14/h4-6,8-9,12,15H,7,10-11,13H2,1-3H3,(H,20,21). The molecule has 2 aromatic rings. The molecule has 0 aliphatic carbocycles. The maximum absolute atomic E-state index is 12.3. The lowest BCUT2D eigenvalue weighted by Gasteiger charge is -2.33. The summed E-state index contributed by atoms with van der Waals surface area (Å²) in [6.07, 6.45) is 3.63. The SMILES string of the molecule is CC(C)(C)OC(=O)N1CCCC(c2ncc(-c3ccccc3)[nH]2)C1. The Morgan fingerprint density at radius 1 is 1.29 bits per heavy atom. The number of aromatic amines is 1. The summed E-state index contributed by atoms with van der Waals surface area (Å²) in [6.45, 7) is 7.08. The molecule has 1 aliphatic rings. The molecule has 0 saturated carbocycles. The lowest BCUT2D eigenvalue weighted by atomic mass is 9.98. The third-order valence-electron chi connectivity index (χ3n) is 4.14. The van der Waals surface area contributed by atoms with Crippen LogP contribution in [0.25, 0.3) is 11.3 Å². The predicted octanol–water partition coefficient (Wildman–Crippen LogP) is 4.19. The van der Waals surface area contributed by atoms with E-state index >= 15 is 0 Å². The zero-order valence-corrected chi connectivity index (χ0v) is 14.6. The van der Waals surface area contributed by atoms with Crippen LogP contribution in [0.2, 0.25) is 0 Å². The van der Waals surface area contributed by atoms with Crippen LogP contribution >= 0.6 is 0 Å². The molecule has 0 bridgehead atoms. The van der Waals surface area contributed by atoms with E-state index < -0.39 is 5.60 Å². The number of carbonyl (C=O) groups is 1. The summed E-state index contributed by atoms with van der Waals surface area (Å²) < 4.78 is 5.49. The number of amides is 1. The van der Waals surface area contributed by atoms with E-state index in [-0.39, 0.29) is 12.0 Å². The van der Waals surface area contributed by atoms with Crippen molar-refractivity contribution in [2.75, 3.05) is 13.1 Å². The van der Waals surface area contributed by atoms with Crippen molar-refractivity contribution in [3.8, 4) is 11.3 Å². The van der Waals surface area contributed by atoms with Gasteiger partial charge in [0.05, 0.1) is 11.9 Å². The van der Waals surface area contributed by atoms with Crippen molar-refractivity contribution >= 4 is 6.09 Å². The quantitative estimate of drug-likeness (QED) is 0.899. The molecule has 128 valence electrons. The van der Waals surface area contributed by atoms with Crippen LogP contribution in [0, 0.1) is 0 Å². The first kappa shape index (κ1) is 16.6. The summed E-state index contributed by atoms with van der Waals surface area (Å²) in [5.41, 5.74) is 1.67. The third-order valence-corrected chi connectivity index (χ3v) is 4.14. The minimum absolute atomic E-state index is 0.226. The Hall–Kier alpha value is -2.30. The van der Waals surface area contributed by atoms with Gasteiger partial charge in [-0.05, 0) is 39.2 Å². The average molecular weight is 327 g/mol. The molecular weight excluding hydrogens is 302 g/mol. The number of carbonyl (C=O) groups excluding carboxylic acids is 1. The van der Waals surface area contributed by atoms with Gasteiger partial charge in [-0.25, -0.2) is 9.78 Å². The number of piperidine rings is 1. The topological polar surface area (TPSA) is 58.2 Å². The molecule has 1 N–H and O–H groups in total. The van der Waals surface area contributed by atoms with Gasteiger partial charge in [0.15, 0.2) is 0 Å². The highest BCUT2D eigenvalue weighted by Crippen LogP contribution is 2.28. The van der Waals surface area contributed by atoms with Gasteiger partial charge in [0.1, 0.15) is 11.4 Å². The van der Waals surface area contributed by atoms with Crippen LogP contribution in [-0.4, -0.2) is 39.7 Å². The summed E-state index contributed by atoms with van der Waals surface area (Å²) >= 11 is 0. The first-order valence-corrected chi connectivity index (χ1v) is 8.50. The van der Waals surface area contributed by atoms with Gasteiger partial charge in [0, 0.05) is 19.0 Å². The van der Waals surface area contributed by atoms with E-state index in [0.717, 1.165) is 36.5 Å². The van der Waals surface area contributed by atoms with Gasteiger partial charge in [-0.2, -0.15) is 0 Å². The van der Waals surface area contributed by atoms with Crippen LogP contribution in [0.4, 0.5) is 4.79 Å². The molecule has 1 amide bonds. The molecule has 5 nitrogen and oxygen atoms in total. The van der Waals surface area contributed by atoms with Crippen molar-refractivity contribution in [3.05, 3.63) is 42.4 Å². The van der Waals surface area contributed by atoms with Gasteiger partial charge in [0.25, 0.3) is 0 Å².